The van der Waals surface area contributed by atoms with Crippen LogP contribution in [0.2, 0.25) is 0 Å². The first-order chi connectivity index (χ1) is 21.2. The SMILES string of the molecule is C/C=C\C=C/C.Cc1cccc2oc3cc(-c4ccc5c6c7ccccc7ccc6n(-c6ccccc6)c5c4)ccc3c12. The van der Waals surface area contributed by atoms with E-state index in [9.17, 15) is 0 Å². The molecule has 0 radical (unpaired) electrons. The van der Waals surface area contributed by atoms with E-state index in [0.29, 0.717) is 0 Å². The molecule has 208 valence electrons. The molecule has 0 bridgehead atoms. The van der Waals surface area contributed by atoms with Crippen LogP contribution in [0.15, 0.2) is 150 Å². The highest BCUT2D eigenvalue weighted by Gasteiger charge is 2.16. The summed E-state index contributed by atoms with van der Waals surface area (Å²) in [6, 6.07) is 43.5. The number of hydrogen-bond acceptors (Lipinski definition) is 1. The number of hydrogen-bond donors (Lipinski definition) is 0. The highest BCUT2D eigenvalue weighted by atomic mass is 16.3. The van der Waals surface area contributed by atoms with Crippen LogP contribution in [0.1, 0.15) is 19.4 Å². The maximum Gasteiger partial charge on any atom is 0.136 e. The number of benzene rings is 6. The summed E-state index contributed by atoms with van der Waals surface area (Å²) in [7, 11) is 0. The van der Waals surface area contributed by atoms with Crippen molar-refractivity contribution in [2.24, 2.45) is 0 Å². The number of nitrogens with zero attached hydrogens (tertiary/aromatic N) is 1. The molecule has 6 aromatic carbocycles. The van der Waals surface area contributed by atoms with Crippen LogP contribution in [0.25, 0.3) is 71.3 Å². The Morgan fingerprint density at radius 2 is 1.26 bits per heavy atom. The number of furan rings is 1. The summed E-state index contributed by atoms with van der Waals surface area (Å²) < 4.78 is 8.66. The van der Waals surface area contributed by atoms with Crippen molar-refractivity contribution in [3.05, 3.63) is 151 Å². The molecule has 0 aliphatic heterocycles. The van der Waals surface area contributed by atoms with Crippen LogP contribution < -0.4 is 0 Å². The average molecular weight is 556 g/mol. The third kappa shape index (κ3) is 4.62. The van der Waals surface area contributed by atoms with Crippen LogP contribution in [0.5, 0.6) is 0 Å². The topological polar surface area (TPSA) is 18.1 Å². The van der Waals surface area contributed by atoms with Crippen molar-refractivity contribution in [3.8, 4) is 16.8 Å². The molecule has 0 aliphatic carbocycles. The fraction of sp³-hybridized carbons (Fsp3) is 0.0732. The van der Waals surface area contributed by atoms with Gasteiger partial charge in [0.1, 0.15) is 11.2 Å². The van der Waals surface area contributed by atoms with E-state index < -0.39 is 0 Å². The second-order valence-corrected chi connectivity index (χ2v) is 10.9. The fourth-order valence-electron chi connectivity index (χ4n) is 6.23. The Labute approximate surface area is 251 Å². The minimum absolute atomic E-state index is 0.927. The van der Waals surface area contributed by atoms with Crippen LogP contribution >= 0.6 is 0 Å². The quantitative estimate of drug-likeness (QED) is 0.198. The van der Waals surface area contributed by atoms with Gasteiger partial charge < -0.3 is 8.98 Å². The molecule has 0 atom stereocenters. The number of allylic oxidation sites excluding steroid dienone is 4. The number of fused-ring (bicyclic) bond motifs is 8. The third-order valence-corrected chi connectivity index (χ3v) is 8.21. The van der Waals surface area contributed by atoms with E-state index in [1.54, 1.807) is 0 Å². The fourth-order valence-corrected chi connectivity index (χ4v) is 6.23. The van der Waals surface area contributed by atoms with Crippen LogP contribution in [0, 0.1) is 6.92 Å². The Morgan fingerprint density at radius 3 is 2.05 bits per heavy atom. The van der Waals surface area contributed by atoms with Crippen molar-refractivity contribution in [1.29, 1.82) is 0 Å². The van der Waals surface area contributed by atoms with Crippen molar-refractivity contribution in [3.63, 3.8) is 0 Å². The lowest BCUT2D eigenvalue weighted by molar-refractivity contribution is 0.669. The second kappa shape index (κ2) is 11.2. The Kier molecular flexibility index (Phi) is 6.89. The van der Waals surface area contributed by atoms with Gasteiger partial charge in [-0.1, -0.05) is 103 Å². The van der Waals surface area contributed by atoms with Gasteiger partial charge in [-0.15, -0.1) is 0 Å². The van der Waals surface area contributed by atoms with E-state index in [1.165, 1.54) is 54.5 Å². The lowest BCUT2D eigenvalue weighted by Crippen LogP contribution is -1.93. The Bertz CT molecular complexity index is 2300. The molecule has 0 N–H and O–H groups in total. The molecule has 0 unspecified atom stereocenters. The van der Waals surface area contributed by atoms with Gasteiger partial charge in [0.05, 0.1) is 11.0 Å². The molecule has 43 heavy (non-hydrogen) atoms. The van der Waals surface area contributed by atoms with Gasteiger partial charge in [0.15, 0.2) is 0 Å². The normalized spacial score (nSPS) is 11.9. The smallest absolute Gasteiger partial charge is 0.136 e. The molecule has 2 heterocycles. The van der Waals surface area contributed by atoms with E-state index in [1.807, 2.05) is 38.2 Å². The lowest BCUT2D eigenvalue weighted by Gasteiger charge is -2.09. The minimum atomic E-state index is 0.927. The van der Waals surface area contributed by atoms with Gasteiger partial charge in [-0.25, -0.2) is 0 Å². The van der Waals surface area contributed by atoms with Crippen molar-refractivity contribution in [2.45, 2.75) is 20.8 Å². The molecule has 0 saturated carbocycles. The summed E-state index contributed by atoms with van der Waals surface area (Å²) in [4.78, 5) is 0. The number of para-hydroxylation sites is 1. The van der Waals surface area contributed by atoms with Gasteiger partial charge in [0.2, 0.25) is 0 Å². The summed E-state index contributed by atoms with van der Waals surface area (Å²) in [6.45, 7) is 6.14. The van der Waals surface area contributed by atoms with Crippen molar-refractivity contribution >= 4 is 54.5 Å². The highest BCUT2D eigenvalue weighted by Crippen LogP contribution is 2.39. The van der Waals surface area contributed by atoms with E-state index in [2.05, 4.69) is 133 Å². The standard InChI is InChI=1S/C35H23NO.C6H10/c1-22-8-7-13-32-34(22)29-18-15-25(21-33(29)37-32)24-14-17-28-31(20-24)36(26-10-3-2-4-11-26)30-19-16-23-9-5-6-12-27(23)35(28)30;1-3-5-6-4-2/h2-21H,1H3;3-6H,1-2H3/b;5-3-,6-4-. The van der Waals surface area contributed by atoms with Gasteiger partial charge in [-0.2, -0.15) is 0 Å². The Morgan fingerprint density at radius 1 is 0.535 bits per heavy atom. The van der Waals surface area contributed by atoms with Crippen molar-refractivity contribution in [1.82, 2.24) is 4.57 Å². The molecular weight excluding hydrogens is 522 g/mol. The van der Waals surface area contributed by atoms with Crippen LogP contribution in [0.4, 0.5) is 0 Å². The average Bonchev–Trinajstić information content (AvgIpc) is 3.60. The maximum absolute atomic E-state index is 6.27. The van der Waals surface area contributed by atoms with Crippen molar-refractivity contribution < 1.29 is 4.42 Å². The van der Waals surface area contributed by atoms with Gasteiger partial charge in [0.25, 0.3) is 0 Å². The second-order valence-electron chi connectivity index (χ2n) is 10.9. The molecule has 2 aromatic heterocycles. The molecule has 0 aliphatic rings. The van der Waals surface area contributed by atoms with Crippen LogP contribution in [0.3, 0.4) is 0 Å². The largest absolute Gasteiger partial charge is 0.456 e. The molecule has 0 spiro atoms. The van der Waals surface area contributed by atoms with Gasteiger partial charge >= 0.3 is 0 Å². The Hall–Kier alpha value is -5.34. The highest BCUT2D eigenvalue weighted by molar-refractivity contribution is 6.21. The van der Waals surface area contributed by atoms with Crippen LogP contribution in [-0.4, -0.2) is 4.57 Å². The molecular formula is C41H33NO. The first kappa shape index (κ1) is 26.6. The lowest BCUT2D eigenvalue weighted by atomic mass is 10.00. The zero-order valence-corrected chi connectivity index (χ0v) is 24.7. The summed E-state index contributed by atoms with van der Waals surface area (Å²) in [5.41, 5.74) is 9.03. The minimum Gasteiger partial charge on any atom is -0.456 e. The molecule has 8 rings (SSSR count). The van der Waals surface area contributed by atoms with Gasteiger partial charge in [-0.3, -0.25) is 0 Å². The molecule has 8 aromatic rings. The summed E-state index contributed by atoms with van der Waals surface area (Å²) in [5, 5.41) is 7.48. The summed E-state index contributed by atoms with van der Waals surface area (Å²) in [5.74, 6) is 0. The van der Waals surface area contributed by atoms with E-state index >= 15 is 0 Å². The summed E-state index contributed by atoms with van der Waals surface area (Å²) in [6.07, 6.45) is 8.00. The monoisotopic (exact) mass is 555 g/mol. The molecule has 0 fully saturated rings. The third-order valence-electron chi connectivity index (χ3n) is 8.21. The predicted molar refractivity (Wildman–Crippen MR) is 185 cm³/mol. The number of aromatic nitrogens is 1. The molecule has 0 amide bonds. The number of rotatable bonds is 3. The summed E-state index contributed by atoms with van der Waals surface area (Å²) >= 11 is 0. The van der Waals surface area contributed by atoms with E-state index in [0.717, 1.165) is 22.4 Å². The zero-order chi connectivity index (χ0) is 29.3. The van der Waals surface area contributed by atoms with Crippen LogP contribution in [-0.2, 0) is 0 Å². The zero-order valence-electron chi connectivity index (χ0n) is 24.7. The van der Waals surface area contributed by atoms with Gasteiger partial charge in [-0.05, 0) is 90.7 Å². The van der Waals surface area contributed by atoms with E-state index in [-0.39, 0.29) is 0 Å². The maximum atomic E-state index is 6.27. The number of aryl methyl sites for hydroxylation is 1. The first-order valence-corrected chi connectivity index (χ1v) is 14.9. The van der Waals surface area contributed by atoms with Crippen molar-refractivity contribution in [2.75, 3.05) is 0 Å². The molecule has 0 saturated heterocycles. The molecule has 2 heteroatoms. The molecule has 2 nitrogen and oxygen atoms in total. The first-order valence-electron chi connectivity index (χ1n) is 14.9. The predicted octanol–water partition coefficient (Wildman–Crippen LogP) is 12.0. The van der Waals surface area contributed by atoms with E-state index in [4.69, 9.17) is 4.42 Å². The Balaban J connectivity index is 0.000000457. The van der Waals surface area contributed by atoms with Gasteiger partial charge in [0, 0.05) is 27.2 Å².